The van der Waals surface area contributed by atoms with Crippen molar-refractivity contribution in [2.45, 2.75) is 32.2 Å². The van der Waals surface area contributed by atoms with E-state index in [1.807, 2.05) is 12.1 Å². The third-order valence-corrected chi connectivity index (χ3v) is 3.87. The molecule has 1 fully saturated rings. The Bertz CT molecular complexity index is 373. The molecule has 1 heterocycles. The monoisotopic (exact) mass is 262 g/mol. The smallest absolute Gasteiger partial charge is 0.119 e. The van der Waals surface area contributed by atoms with Crippen LogP contribution in [0.2, 0.25) is 0 Å². The van der Waals surface area contributed by atoms with Crippen LogP contribution in [0, 0.1) is 6.92 Å². The molecule has 2 rings (SSSR count). The van der Waals surface area contributed by atoms with Gasteiger partial charge in [-0.3, -0.25) is 4.90 Å². The maximum atomic E-state index is 5.82. The van der Waals surface area contributed by atoms with E-state index < -0.39 is 0 Å². The quantitative estimate of drug-likeness (QED) is 0.882. The van der Waals surface area contributed by atoms with Gasteiger partial charge in [0.2, 0.25) is 0 Å². The summed E-state index contributed by atoms with van der Waals surface area (Å²) in [6.07, 6.45) is 3.84. The summed E-state index contributed by atoms with van der Waals surface area (Å²) in [7, 11) is 2.22. The highest BCUT2D eigenvalue weighted by atomic mass is 16.5. The SMILES string of the molecule is Cc1cccc(OCCN(C)C2CCCNCC2)c1. The molecule has 1 N–H and O–H groups in total. The molecule has 106 valence electrons. The van der Waals surface area contributed by atoms with E-state index in [0.717, 1.165) is 25.4 Å². The van der Waals surface area contributed by atoms with Crippen molar-refractivity contribution in [2.75, 3.05) is 33.3 Å². The van der Waals surface area contributed by atoms with Crippen LogP contribution in [-0.4, -0.2) is 44.2 Å². The van der Waals surface area contributed by atoms with Gasteiger partial charge >= 0.3 is 0 Å². The van der Waals surface area contributed by atoms with Gasteiger partial charge in [0.25, 0.3) is 0 Å². The van der Waals surface area contributed by atoms with E-state index in [4.69, 9.17) is 4.74 Å². The number of nitrogens with one attached hydrogen (secondary N) is 1. The Kier molecular flexibility index (Phi) is 5.67. The summed E-state index contributed by atoms with van der Waals surface area (Å²) >= 11 is 0. The van der Waals surface area contributed by atoms with Crippen LogP contribution in [0.15, 0.2) is 24.3 Å². The van der Waals surface area contributed by atoms with Crippen molar-refractivity contribution in [3.8, 4) is 5.75 Å². The highest BCUT2D eigenvalue weighted by Gasteiger charge is 2.16. The van der Waals surface area contributed by atoms with Crippen molar-refractivity contribution < 1.29 is 4.74 Å². The number of rotatable bonds is 5. The first-order valence-corrected chi connectivity index (χ1v) is 7.36. The van der Waals surface area contributed by atoms with Crippen molar-refractivity contribution in [3.05, 3.63) is 29.8 Å². The number of hydrogen-bond donors (Lipinski definition) is 1. The minimum Gasteiger partial charge on any atom is -0.492 e. The Labute approximate surface area is 116 Å². The van der Waals surface area contributed by atoms with Crippen LogP contribution in [0.3, 0.4) is 0 Å². The lowest BCUT2D eigenvalue weighted by Gasteiger charge is -2.26. The highest BCUT2D eigenvalue weighted by molar-refractivity contribution is 5.27. The van der Waals surface area contributed by atoms with Crippen LogP contribution in [0.5, 0.6) is 5.75 Å². The summed E-state index contributed by atoms with van der Waals surface area (Å²) < 4.78 is 5.82. The first kappa shape index (κ1) is 14.4. The molecule has 0 radical (unpaired) electrons. The van der Waals surface area contributed by atoms with Gasteiger partial charge in [0.15, 0.2) is 0 Å². The molecule has 1 saturated heterocycles. The first-order chi connectivity index (χ1) is 9.25. The number of aryl methyl sites for hydroxylation is 1. The van der Waals surface area contributed by atoms with E-state index in [0.29, 0.717) is 6.04 Å². The summed E-state index contributed by atoms with van der Waals surface area (Å²) in [5.41, 5.74) is 1.25. The van der Waals surface area contributed by atoms with Crippen LogP contribution in [-0.2, 0) is 0 Å². The first-order valence-electron chi connectivity index (χ1n) is 7.36. The van der Waals surface area contributed by atoms with Crippen molar-refractivity contribution in [1.29, 1.82) is 0 Å². The zero-order chi connectivity index (χ0) is 13.5. The molecule has 3 heteroatoms. The lowest BCUT2D eigenvalue weighted by Crippen LogP contribution is -2.35. The fraction of sp³-hybridized carbons (Fsp3) is 0.625. The van der Waals surface area contributed by atoms with Gasteiger partial charge in [0.05, 0.1) is 0 Å². The van der Waals surface area contributed by atoms with Crippen molar-refractivity contribution in [2.24, 2.45) is 0 Å². The molecule has 1 atom stereocenters. The normalized spacial score (nSPS) is 20.3. The number of benzene rings is 1. The van der Waals surface area contributed by atoms with Gasteiger partial charge in [-0.15, -0.1) is 0 Å². The highest BCUT2D eigenvalue weighted by Crippen LogP contribution is 2.14. The van der Waals surface area contributed by atoms with E-state index in [2.05, 4.69) is 36.3 Å². The average Bonchev–Trinajstić information content (AvgIpc) is 2.67. The lowest BCUT2D eigenvalue weighted by atomic mass is 10.1. The standard InChI is InChI=1S/C16H26N2O/c1-14-5-3-7-16(13-14)19-12-11-18(2)15-6-4-9-17-10-8-15/h3,5,7,13,15,17H,4,6,8-12H2,1-2H3. The molecule has 1 aromatic rings. The predicted octanol–water partition coefficient (Wildman–Crippen LogP) is 2.45. The number of hydrogen-bond acceptors (Lipinski definition) is 3. The molecule has 0 spiro atoms. The molecule has 19 heavy (non-hydrogen) atoms. The topological polar surface area (TPSA) is 24.5 Å². The number of likely N-dealkylation sites (N-methyl/N-ethyl adjacent to an activating group) is 1. The third-order valence-electron chi connectivity index (χ3n) is 3.87. The van der Waals surface area contributed by atoms with Crippen molar-refractivity contribution >= 4 is 0 Å². The molecule has 1 aliphatic heterocycles. The molecule has 1 aromatic carbocycles. The van der Waals surface area contributed by atoms with Gasteiger partial charge < -0.3 is 10.1 Å². The maximum absolute atomic E-state index is 5.82. The fourth-order valence-electron chi connectivity index (χ4n) is 2.64. The molecule has 0 amide bonds. The fourth-order valence-corrected chi connectivity index (χ4v) is 2.64. The molecular weight excluding hydrogens is 236 g/mol. The molecule has 0 bridgehead atoms. The maximum Gasteiger partial charge on any atom is 0.119 e. The average molecular weight is 262 g/mol. The van der Waals surface area contributed by atoms with Crippen LogP contribution < -0.4 is 10.1 Å². The Hall–Kier alpha value is -1.06. The summed E-state index contributed by atoms with van der Waals surface area (Å²) in [5, 5.41) is 3.46. The second kappa shape index (κ2) is 7.51. The zero-order valence-corrected chi connectivity index (χ0v) is 12.2. The van der Waals surface area contributed by atoms with Gasteiger partial charge in [-0.1, -0.05) is 12.1 Å². The molecule has 3 nitrogen and oxygen atoms in total. The van der Waals surface area contributed by atoms with E-state index in [-0.39, 0.29) is 0 Å². The van der Waals surface area contributed by atoms with Crippen LogP contribution in [0.4, 0.5) is 0 Å². The van der Waals surface area contributed by atoms with Crippen LogP contribution in [0.25, 0.3) is 0 Å². The van der Waals surface area contributed by atoms with Gasteiger partial charge in [-0.25, -0.2) is 0 Å². The Morgan fingerprint density at radius 3 is 3.05 bits per heavy atom. The van der Waals surface area contributed by atoms with Crippen LogP contribution in [0.1, 0.15) is 24.8 Å². The molecular formula is C16H26N2O. The summed E-state index contributed by atoms with van der Waals surface area (Å²) in [6, 6.07) is 8.97. The molecule has 1 aliphatic rings. The largest absolute Gasteiger partial charge is 0.492 e. The zero-order valence-electron chi connectivity index (χ0n) is 12.2. The minimum atomic E-state index is 0.705. The Balaban J connectivity index is 1.72. The summed E-state index contributed by atoms with van der Waals surface area (Å²) in [5.74, 6) is 0.982. The third kappa shape index (κ3) is 4.84. The number of ether oxygens (including phenoxy) is 1. The van der Waals surface area contributed by atoms with Gasteiger partial charge in [-0.2, -0.15) is 0 Å². The van der Waals surface area contributed by atoms with E-state index in [1.54, 1.807) is 0 Å². The molecule has 0 aromatic heterocycles. The van der Waals surface area contributed by atoms with Gasteiger partial charge in [0, 0.05) is 12.6 Å². The Morgan fingerprint density at radius 1 is 1.32 bits per heavy atom. The Morgan fingerprint density at radius 2 is 2.21 bits per heavy atom. The van der Waals surface area contributed by atoms with E-state index in [1.165, 1.54) is 31.4 Å². The second-order valence-electron chi connectivity index (χ2n) is 5.48. The van der Waals surface area contributed by atoms with Gasteiger partial charge in [-0.05, 0) is 64.0 Å². The van der Waals surface area contributed by atoms with Crippen LogP contribution >= 0.6 is 0 Å². The van der Waals surface area contributed by atoms with Gasteiger partial charge in [0.1, 0.15) is 12.4 Å². The van der Waals surface area contributed by atoms with E-state index in [9.17, 15) is 0 Å². The molecule has 1 unspecified atom stereocenters. The molecule has 0 saturated carbocycles. The summed E-state index contributed by atoms with van der Waals surface area (Å²) in [6.45, 7) is 6.18. The molecule has 0 aliphatic carbocycles. The van der Waals surface area contributed by atoms with Crippen molar-refractivity contribution in [3.63, 3.8) is 0 Å². The predicted molar refractivity (Wildman–Crippen MR) is 79.8 cm³/mol. The summed E-state index contributed by atoms with van der Waals surface area (Å²) in [4.78, 5) is 2.45. The second-order valence-corrected chi connectivity index (χ2v) is 5.48. The van der Waals surface area contributed by atoms with E-state index >= 15 is 0 Å². The minimum absolute atomic E-state index is 0.705. The van der Waals surface area contributed by atoms with Crippen molar-refractivity contribution in [1.82, 2.24) is 10.2 Å². The number of nitrogens with zero attached hydrogens (tertiary/aromatic N) is 1. The lowest BCUT2D eigenvalue weighted by molar-refractivity contribution is 0.180.